The lowest BCUT2D eigenvalue weighted by Crippen LogP contribution is -2.11. The number of methoxy groups -OCH3 is 1. The zero-order chi connectivity index (χ0) is 14.0. The molecule has 0 fully saturated rings. The molecule has 0 aliphatic heterocycles. The summed E-state index contributed by atoms with van der Waals surface area (Å²) in [6.07, 6.45) is 0. The quantitative estimate of drug-likeness (QED) is 0.843. The zero-order valence-corrected chi connectivity index (χ0v) is 10.4. The second kappa shape index (κ2) is 5.01. The first kappa shape index (κ1) is 12.9. The van der Waals surface area contributed by atoms with Crippen molar-refractivity contribution in [2.75, 3.05) is 13.7 Å². The van der Waals surface area contributed by atoms with Crippen LogP contribution in [0.5, 0.6) is 11.5 Å². The van der Waals surface area contributed by atoms with Gasteiger partial charge in [-0.25, -0.2) is 9.59 Å². The number of aryl methyl sites for hydroxylation is 1. The molecule has 0 aliphatic carbocycles. The van der Waals surface area contributed by atoms with Crippen LogP contribution >= 0.6 is 0 Å². The van der Waals surface area contributed by atoms with Crippen molar-refractivity contribution in [3.8, 4) is 11.5 Å². The lowest BCUT2D eigenvalue weighted by Gasteiger charge is -2.11. The second-order valence-electron chi connectivity index (χ2n) is 3.90. The minimum absolute atomic E-state index is 0.114. The molecule has 6 heteroatoms. The number of carbonyl (C=O) groups is 1. The lowest BCUT2D eigenvalue weighted by atomic mass is 10.1. The molecule has 0 atom stereocenters. The molecule has 0 bridgehead atoms. The Morgan fingerprint density at radius 3 is 2.79 bits per heavy atom. The first-order valence-electron chi connectivity index (χ1n) is 5.49. The number of hydrogen-bond donors (Lipinski definition) is 1. The molecule has 1 N–H and O–H groups in total. The molecule has 1 heterocycles. The van der Waals surface area contributed by atoms with E-state index in [1.165, 1.54) is 13.2 Å². The highest BCUT2D eigenvalue weighted by atomic mass is 16.5. The average molecular weight is 264 g/mol. The van der Waals surface area contributed by atoms with Crippen molar-refractivity contribution in [1.29, 1.82) is 0 Å². The number of fused-ring (bicyclic) bond motifs is 1. The number of ether oxygens (including phenoxy) is 2. The SMILES string of the molecule is COc1ccc2c(C)cc(=O)oc2c1OCC(=O)O. The van der Waals surface area contributed by atoms with Crippen molar-refractivity contribution in [2.24, 2.45) is 0 Å². The fourth-order valence-electron chi connectivity index (χ4n) is 1.77. The Morgan fingerprint density at radius 1 is 1.42 bits per heavy atom. The molecule has 0 aliphatic rings. The van der Waals surface area contributed by atoms with Gasteiger partial charge < -0.3 is 19.0 Å². The lowest BCUT2D eigenvalue weighted by molar-refractivity contribution is -0.139. The predicted octanol–water partition coefficient (Wildman–Crippen LogP) is 1.57. The van der Waals surface area contributed by atoms with Crippen LogP contribution in [-0.2, 0) is 4.79 Å². The number of hydrogen-bond acceptors (Lipinski definition) is 5. The van der Waals surface area contributed by atoms with E-state index in [4.69, 9.17) is 19.0 Å². The molecule has 6 nitrogen and oxygen atoms in total. The van der Waals surface area contributed by atoms with Gasteiger partial charge in [0.1, 0.15) is 0 Å². The summed E-state index contributed by atoms with van der Waals surface area (Å²) in [6, 6.07) is 4.71. The molecule has 0 amide bonds. The van der Waals surface area contributed by atoms with Crippen LogP contribution in [0.25, 0.3) is 11.0 Å². The first-order chi connectivity index (χ1) is 9.02. The van der Waals surface area contributed by atoms with E-state index in [1.54, 1.807) is 19.1 Å². The van der Waals surface area contributed by atoms with Crippen molar-refractivity contribution >= 4 is 16.9 Å². The van der Waals surface area contributed by atoms with Crippen LogP contribution in [0.2, 0.25) is 0 Å². The maximum atomic E-state index is 11.4. The van der Waals surface area contributed by atoms with E-state index < -0.39 is 18.2 Å². The number of aliphatic carboxylic acids is 1. The van der Waals surface area contributed by atoms with Gasteiger partial charge in [0, 0.05) is 11.5 Å². The van der Waals surface area contributed by atoms with Gasteiger partial charge in [-0.2, -0.15) is 0 Å². The summed E-state index contributed by atoms with van der Waals surface area (Å²) >= 11 is 0. The van der Waals surface area contributed by atoms with Crippen molar-refractivity contribution in [3.05, 3.63) is 34.2 Å². The molecule has 1 aromatic heterocycles. The topological polar surface area (TPSA) is 86.0 Å². The van der Waals surface area contributed by atoms with E-state index in [-0.39, 0.29) is 11.3 Å². The summed E-state index contributed by atoms with van der Waals surface area (Å²) < 4.78 is 15.3. The van der Waals surface area contributed by atoms with Crippen LogP contribution in [-0.4, -0.2) is 24.8 Å². The highest BCUT2D eigenvalue weighted by Gasteiger charge is 2.15. The summed E-state index contributed by atoms with van der Waals surface area (Å²) in [6.45, 7) is 1.21. The van der Waals surface area contributed by atoms with Gasteiger partial charge in [0.25, 0.3) is 0 Å². The molecule has 2 aromatic rings. The number of rotatable bonds is 4. The Bertz CT molecular complexity index is 685. The molecule has 19 heavy (non-hydrogen) atoms. The summed E-state index contributed by atoms with van der Waals surface area (Å²) in [5.74, 6) is -0.709. The largest absolute Gasteiger partial charge is 0.493 e. The minimum atomic E-state index is -1.13. The predicted molar refractivity (Wildman–Crippen MR) is 66.9 cm³/mol. The monoisotopic (exact) mass is 264 g/mol. The Balaban J connectivity index is 2.68. The van der Waals surface area contributed by atoms with Crippen LogP contribution < -0.4 is 15.1 Å². The van der Waals surface area contributed by atoms with Crippen molar-refractivity contribution < 1.29 is 23.8 Å². The van der Waals surface area contributed by atoms with E-state index in [1.807, 2.05) is 0 Å². The molecule has 0 saturated heterocycles. The van der Waals surface area contributed by atoms with Gasteiger partial charge in [0.15, 0.2) is 17.9 Å². The molecule has 1 aromatic carbocycles. The Labute approximate surface area is 108 Å². The van der Waals surface area contributed by atoms with E-state index in [2.05, 4.69) is 0 Å². The van der Waals surface area contributed by atoms with Gasteiger partial charge in [0.05, 0.1) is 7.11 Å². The zero-order valence-electron chi connectivity index (χ0n) is 10.4. The molecule has 0 saturated carbocycles. The van der Waals surface area contributed by atoms with E-state index in [9.17, 15) is 9.59 Å². The summed E-state index contributed by atoms with van der Waals surface area (Å²) in [7, 11) is 1.42. The van der Waals surface area contributed by atoms with Gasteiger partial charge in [0.2, 0.25) is 5.75 Å². The first-order valence-corrected chi connectivity index (χ1v) is 5.49. The molecule has 0 radical (unpaired) electrons. The maximum absolute atomic E-state index is 11.4. The molecular formula is C13H12O6. The Kier molecular flexibility index (Phi) is 3.41. The van der Waals surface area contributed by atoms with E-state index >= 15 is 0 Å². The number of carboxylic acid groups (broad SMARTS) is 1. The number of carboxylic acids is 1. The minimum Gasteiger partial charge on any atom is -0.493 e. The maximum Gasteiger partial charge on any atom is 0.341 e. The molecule has 0 unspecified atom stereocenters. The normalized spacial score (nSPS) is 10.4. The average Bonchev–Trinajstić information content (AvgIpc) is 2.35. The fourth-order valence-corrected chi connectivity index (χ4v) is 1.77. The Morgan fingerprint density at radius 2 is 2.16 bits per heavy atom. The van der Waals surface area contributed by atoms with Crippen LogP contribution in [0.3, 0.4) is 0 Å². The van der Waals surface area contributed by atoms with Gasteiger partial charge in [-0.05, 0) is 24.6 Å². The summed E-state index contributed by atoms with van der Waals surface area (Å²) in [4.78, 5) is 22.0. The summed E-state index contributed by atoms with van der Waals surface area (Å²) in [5, 5.41) is 9.33. The third-order valence-corrected chi connectivity index (χ3v) is 2.60. The van der Waals surface area contributed by atoms with Gasteiger partial charge in [-0.3, -0.25) is 0 Å². The van der Waals surface area contributed by atoms with Crippen molar-refractivity contribution in [3.63, 3.8) is 0 Å². The smallest absolute Gasteiger partial charge is 0.341 e. The van der Waals surface area contributed by atoms with Gasteiger partial charge in [-0.15, -0.1) is 0 Å². The fraction of sp³-hybridized carbons (Fsp3) is 0.231. The highest BCUT2D eigenvalue weighted by molar-refractivity contribution is 5.88. The van der Waals surface area contributed by atoms with Crippen molar-refractivity contribution in [2.45, 2.75) is 6.92 Å². The van der Waals surface area contributed by atoms with Crippen LogP contribution in [0.4, 0.5) is 0 Å². The van der Waals surface area contributed by atoms with E-state index in [0.29, 0.717) is 16.7 Å². The standard InChI is InChI=1S/C13H12O6/c1-7-5-11(16)19-12-8(7)3-4-9(17-2)13(12)18-6-10(14)15/h3-5H,6H2,1-2H3,(H,14,15). The van der Waals surface area contributed by atoms with Gasteiger partial charge >= 0.3 is 11.6 Å². The van der Waals surface area contributed by atoms with Crippen LogP contribution in [0.1, 0.15) is 5.56 Å². The molecular weight excluding hydrogens is 252 g/mol. The highest BCUT2D eigenvalue weighted by Crippen LogP contribution is 2.35. The van der Waals surface area contributed by atoms with Crippen molar-refractivity contribution in [1.82, 2.24) is 0 Å². The van der Waals surface area contributed by atoms with Gasteiger partial charge in [-0.1, -0.05) is 0 Å². The molecule has 2 rings (SSSR count). The molecule has 100 valence electrons. The summed E-state index contributed by atoms with van der Waals surface area (Å²) in [5.41, 5.74) is 0.373. The van der Waals surface area contributed by atoms with E-state index in [0.717, 1.165) is 0 Å². The third kappa shape index (κ3) is 2.52. The third-order valence-electron chi connectivity index (χ3n) is 2.60. The van der Waals surface area contributed by atoms with Crippen LogP contribution in [0.15, 0.2) is 27.4 Å². The number of benzene rings is 1. The second-order valence-corrected chi connectivity index (χ2v) is 3.90. The van der Waals surface area contributed by atoms with Crippen LogP contribution in [0, 0.1) is 6.92 Å². The Hall–Kier alpha value is -2.50. The molecule has 0 spiro atoms.